The highest BCUT2D eigenvalue weighted by atomic mass is 79.9. The zero-order chi connectivity index (χ0) is 9.45. The lowest BCUT2D eigenvalue weighted by atomic mass is 10.4. The minimum Gasteiger partial charge on any atom is -0.398 e. The monoisotopic (exact) mass is 254 g/mol. The van der Waals surface area contributed by atoms with E-state index < -0.39 is 8.56 Å². The summed E-state index contributed by atoms with van der Waals surface area (Å²) in [4.78, 5) is 0. The van der Waals surface area contributed by atoms with Crippen molar-refractivity contribution in [3.8, 4) is 0 Å². The number of hydrogen-bond donors (Lipinski definition) is 0. The Hall–Kier alpha value is 0.617. The third kappa shape index (κ3) is 4.03. The summed E-state index contributed by atoms with van der Waals surface area (Å²) in [5.41, 5.74) is 0. The van der Waals surface area contributed by atoms with Crippen molar-refractivity contribution >= 4 is 24.5 Å². The lowest BCUT2D eigenvalue weighted by Crippen LogP contribution is -2.40. The van der Waals surface area contributed by atoms with Gasteiger partial charge in [-0.1, -0.05) is 35.7 Å². The van der Waals surface area contributed by atoms with E-state index in [4.69, 9.17) is 8.85 Å². The van der Waals surface area contributed by atoms with Gasteiger partial charge in [-0.25, -0.2) is 0 Å². The van der Waals surface area contributed by atoms with E-state index in [9.17, 15) is 0 Å². The van der Waals surface area contributed by atoms with Gasteiger partial charge in [0.1, 0.15) is 0 Å². The maximum atomic E-state index is 5.52. The van der Waals surface area contributed by atoms with E-state index in [0.29, 0.717) is 0 Å². The first-order chi connectivity index (χ1) is 5.74. The molecule has 0 rings (SSSR count). The Morgan fingerprint density at radius 3 is 2.08 bits per heavy atom. The predicted molar refractivity (Wildman–Crippen MR) is 58.1 cm³/mol. The highest BCUT2D eigenvalue weighted by Crippen LogP contribution is 2.21. The summed E-state index contributed by atoms with van der Waals surface area (Å²) in [6.45, 7) is 2.19. The van der Waals surface area contributed by atoms with Crippen molar-refractivity contribution in [1.82, 2.24) is 0 Å². The third-order valence-corrected chi connectivity index (χ3v) is 6.87. The molecule has 0 unspecified atom stereocenters. The van der Waals surface area contributed by atoms with Gasteiger partial charge in [-0.3, -0.25) is 0 Å². The van der Waals surface area contributed by atoms with Crippen LogP contribution in [0.1, 0.15) is 19.8 Å². The van der Waals surface area contributed by atoms with Crippen LogP contribution >= 0.6 is 15.9 Å². The minimum atomic E-state index is -1.81. The molecule has 0 aliphatic heterocycles. The van der Waals surface area contributed by atoms with Crippen LogP contribution in [0.4, 0.5) is 0 Å². The second-order valence-electron chi connectivity index (χ2n) is 2.86. The number of hydrogen-bond acceptors (Lipinski definition) is 2. The first-order valence-corrected chi connectivity index (χ1v) is 7.76. The topological polar surface area (TPSA) is 18.5 Å². The van der Waals surface area contributed by atoms with E-state index in [0.717, 1.165) is 17.4 Å². The molecule has 2 nitrogen and oxygen atoms in total. The standard InChI is InChI=1S/C8H19BrO2Si/c1-4-5-7-12(10-2,11-3)8-6-9/h4-8H2,1-3H3. The predicted octanol–water partition coefficient (Wildman–Crippen LogP) is 2.92. The minimum absolute atomic E-state index is 0.977. The average molecular weight is 255 g/mol. The smallest absolute Gasteiger partial charge is 0.338 e. The molecule has 0 N–H and O–H groups in total. The van der Waals surface area contributed by atoms with Crippen LogP contribution in [0.15, 0.2) is 0 Å². The number of unbranched alkanes of at least 4 members (excludes halogenated alkanes) is 1. The van der Waals surface area contributed by atoms with Crippen molar-refractivity contribution in [2.75, 3.05) is 19.5 Å². The van der Waals surface area contributed by atoms with Gasteiger partial charge in [0.25, 0.3) is 0 Å². The molecule has 12 heavy (non-hydrogen) atoms. The van der Waals surface area contributed by atoms with Gasteiger partial charge in [-0.2, -0.15) is 0 Å². The fraction of sp³-hybridized carbons (Fsp3) is 1.00. The summed E-state index contributed by atoms with van der Waals surface area (Å²) in [7, 11) is 1.73. The average Bonchev–Trinajstić information content (AvgIpc) is 2.13. The largest absolute Gasteiger partial charge is 0.398 e. The summed E-state index contributed by atoms with van der Waals surface area (Å²) in [6.07, 6.45) is 2.42. The highest BCUT2D eigenvalue weighted by molar-refractivity contribution is 9.09. The number of rotatable bonds is 7. The number of alkyl halides is 1. The van der Waals surface area contributed by atoms with E-state index in [1.54, 1.807) is 14.2 Å². The van der Waals surface area contributed by atoms with E-state index >= 15 is 0 Å². The maximum Gasteiger partial charge on any atom is 0.338 e. The molecule has 0 aromatic heterocycles. The van der Waals surface area contributed by atoms with Gasteiger partial charge < -0.3 is 8.85 Å². The van der Waals surface area contributed by atoms with E-state index in [1.165, 1.54) is 12.8 Å². The van der Waals surface area contributed by atoms with Gasteiger partial charge in [-0.15, -0.1) is 0 Å². The van der Waals surface area contributed by atoms with Crippen molar-refractivity contribution in [2.45, 2.75) is 31.9 Å². The van der Waals surface area contributed by atoms with Gasteiger partial charge >= 0.3 is 8.56 Å². The van der Waals surface area contributed by atoms with Crippen molar-refractivity contribution in [3.05, 3.63) is 0 Å². The summed E-state index contributed by atoms with van der Waals surface area (Å²) in [6, 6.07) is 2.15. The Bertz CT molecular complexity index is 107. The van der Waals surface area contributed by atoms with Crippen molar-refractivity contribution in [2.24, 2.45) is 0 Å². The van der Waals surface area contributed by atoms with Gasteiger partial charge in [0, 0.05) is 25.6 Å². The van der Waals surface area contributed by atoms with Crippen LogP contribution in [0.25, 0.3) is 0 Å². The van der Waals surface area contributed by atoms with Crippen LogP contribution in [-0.2, 0) is 8.85 Å². The Balaban J connectivity index is 3.95. The van der Waals surface area contributed by atoms with Crippen molar-refractivity contribution in [3.63, 3.8) is 0 Å². The fourth-order valence-corrected chi connectivity index (χ4v) is 5.43. The lowest BCUT2D eigenvalue weighted by molar-refractivity contribution is 0.242. The number of halogens is 1. The first kappa shape index (κ1) is 12.6. The highest BCUT2D eigenvalue weighted by Gasteiger charge is 2.33. The lowest BCUT2D eigenvalue weighted by Gasteiger charge is -2.26. The molecule has 0 radical (unpaired) electrons. The molecular formula is C8H19BrO2Si. The molecule has 0 saturated carbocycles. The molecule has 0 heterocycles. The summed E-state index contributed by atoms with van der Waals surface area (Å²) in [5, 5.41) is 0.977. The fourth-order valence-electron chi connectivity index (χ4n) is 1.21. The van der Waals surface area contributed by atoms with Crippen LogP contribution in [-0.4, -0.2) is 28.1 Å². The summed E-state index contributed by atoms with van der Waals surface area (Å²) < 4.78 is 11.0. The molecule has 0 saturated heterocycles. The summed E-state index contributed by atoms with van der Waals surface area (Å²) in [5.74, 6) is 0. The Labute approximate surface area is 85.0 Å². The molecule has 0 amide bonds. The molecule has 0 aliphatic carbocycles. The zero-order valence-corrected chi connectivity index (χ0v) is 10.8. The molecule has 4 heteroatoms. The zero-order valence-electron chi connectivity index (χ0n) is 8.23. The molecule has 0 aliphatic rings. The SMILES string of the molecule is CCCC[Si](CCBr)(OC)OC. The molecule has 0 aromatic carbocycles. The summed E-state index contributed by atoms with van der Waals surface area (Å²) >= 11 is 3.43. The Morgan fingerprint density at radius 1 is 1.17 bits per heavy atom. The van der Waals surface area contributed by atoms with Crippen LogP contribution in [0, 0.1) is 0 Å². The van der Waals surface area contributed by atoms with Crippen molar-refractivity contribution in [1.29, 1.82) is 0 Å². The molecular weight excluding hydrogens is 236 g/mol. The molecule has 0 aromatic rings. The quantitative estimate of drug-likeness (QED) is 0.514. The second-order valence-corrected chi connectivity index (χ2v) is 7.29. The molecule has 0 atom stereocenters. The molecule has 0 bridgehead atoms. The van der Waals surface area contributed by atoms with E-state index in [1.807, 2.05) is 0 Å². The molecule has 74 valence electrons. The van der Waals surface area contributed by atoms with E-state index in [-0.39, 0.29) is 0 Å². The van der Waals surface area contributed by atoms with Crippen LogP contribution in [0.3, 0.4) is 0 Å². The second kappa shape index (κ2) is 7.06. The van der Waals surface area contributed by atoms with Crippen LogP contribution < -0.4 is 0 Å². The normalized spacial score (nSPS) is 12.0. The van der Waals surface area contributed by atoms with Gasteiger partial charge in [0.05, 0.1) is 0 Å². The maximum absolute atomic E-state index is 5.52. The first-order valence-electron chi connectivity index (χ1n) is 4.41. The molecule has 0 spiro atoms. The van der Waals surface area contributed by atoms with Gasteiger partial charge in [0.2, 0.25) is 0 Å². The Kier molecular flexibility index (Phi) is 7.43. The van der Waals surface area contributed by atoms with E-state index in [2.05, 4.69) is 22.9 Å². The van der Waals surface area contributed by atoms with Gasteiger partial charge in [-0.05, 0) is 6.04 Å². The van der Waals surface area contributed by atoms with Crippen LogP contribution in [0.2, 0.25) is 12.1 Å². The molecule has 0 fully saturated rings. The Morgan fingerprint density at radius 2 is 1.75 bits per heavy atom. The van der Waals surface area contributed by atoms with Gasteiger partial charge in [0.15, 0.2) is 0 Å². The van der Waals surface area contributed by atoms with Crippen LogP contribution in [0.5, 0.6) is 0 Å². The third-order valence-electron chi connectivity index (χ3n) is 2.13. The van der Waals surface area contributed by atoms with Crippen molar-refractivity contribution < 1.29 is 8.85 Å².